The van der Waals surface area contributed by atoms with Gasteiger partial charge < -0.3 is 15.3 Å². The van der Waals surface area contributed by atoms with Crippen LogP contribution in [0.1, 0.15) is 135 Å². The molecule has 4 nitrogen and oxygen atoms in total. The highest BCUT2D eigenvalue weighted by Gasteiger charge is 2.32. The van der Waals surface area contributed by atoms with Crippen molar-refractivity contribution in [1.82, 2.24) is 5.32 Å². The minimum absolute atomic E-state index is 0.0189. The number of aliphatic hydroxyl groups excluding tert-OH is 1. The van der Waals surface area contributed by atoms with Crippen molar-refractivity contribution in [2.75, 3.05) is 18.6 Å². The Labute approximate surface area is 229 Å². The third-order valence-corrected chi connectivity index (χ3v) is 8.20. The number of nitrogens with one attached hydrogen (secondary N) is 1. The Morgan fingerprint density at radius 1 is 0.865 bits per heavy atom. The van der Waals surface area contributed by atoms with Gasteiger partial charge in [-0.05, 0) is 42.4 Å². The third-order valence-electron chi connectivity index (χ3n) is 8.20. The molecule has 2 rings (SSSR count). The number of hydrogen-bond donors (Lipinski definition) is 2. The van der Waals surface area contributed by atoms with Gasteiger partial charge in [-0.25, -0.2) is 0 Å². The molecule has 1 aliphatic heterocycles. The van der Waals surface area contributed by atoms with Crippen LogP contribution in [0.15, 0.2) is 18.2 Å². The summed E-state index contributed by atoms with van der Waals surface area (Å²) < 4.78 is 0. The fourth-order valence-corrected chi connectivity index (χ4v) is 5.93. The second-order valence-electron chi connectivity index (χ2n) is 11.9. The molecule has 4 heteroatoms. The number of aliphatic hydroxyl groups is 1. The number of likely N-dealkylation sites (N-methyl/N-ethyl adjacent to an activating group) is 1. The van der Waals surface area contributed by atoms with Gasteiger partial charge in [0.25, 0.3) is 0 Å². The lowest BCUT2D eigenvalue weighted by atomic mass is 9.93. The van der Waals surface area contributed by atoms with Crippen LogP contribution in [-0.4, -0.2) is 36.8 Å². The third kappa shape index (κ3) is 11.8. The minimum atomic E-state index is -0.223. The topological polar surface area (TPSA) is 52.6 Å². The molecule has 2 atom stereocenters. The second kappa shape index (κ2) is 18.7. The van der Waals surface area contributed by atoms with E-state index in [2.05, 4.69) is 49.2 Å². The van der Waals surface area contributed by atoms with E-state index in [1.807, 2.05) is 7.05 Å². The summed E-state index contributed by atoms with van der Waals surface area (Å²) in [5, 5.41) is 12.8. The first-order valence-corrected chi connectivity index (χ1v) is 15.7. The summed E-state index contributed by atoms with van der Waals surface area (Å²) in [4.78, 5) is 15.0. The number of aryl methyl sites for hydroxylation is 1. The molecule has 0 fully saturated rings. The molecule has 2 N–H and O–H groups in total. The number of benzene rings is 1. The number of fused-ring (bicyclic) bond motifs is 1. The number of carbonyl (C=O) groups is 1. The summed E-state index contributed by atoms with van der Waals surface area (Å²) in [7, 11) is 2.04. The number of amides is 1. The molecule has 1 heterocycles. The lowest BCUT2D eigenvalue weighted by Gasteiger charge is -2.37. The van der Waals surface area contributed by atoms with Crippen LogP contribution in [0.5, 0.6) is 0 Å². The van der Waals surface area contributed by atoms with Gasteiger partial charge in [-0.1, -0.05) is 129 Å². The molecule has 0 saturated heterocycles. The first-order chi connectivity index (χ1) is 18.0. The predicted molar refractivity (Wildman–Crippen MR) is 159 cm³/mol. The van der Waals surface area contributed by atoms with E-state index >= 15 is 0 Å². The van der Waals surface area contributed by atoms with Crippen molar-refractivity contribution in [2.45, 2.75) is 148 Å². The molecule has 1 aromatic rings. The zero-order valence-corrected chi connectivity index (χ0v) is 24.7. The van der Waals surface area contributed by atoms with Gasteiger partial charge in [0.15, 0.2) is 0 Å². The molecular formula is C33H58N2O2. The van der Waals surface area contributed by atoms with E-state index in [0.29, 0.717) is 6.42 Å². The van der Waals surface area contributed by atoms with Gasteiger partial charge in [0.2, 0.25) is 5.91 Å². The van der Waals surface area contributed by atoms with E-state index in [-0.39, 0.29) is 30.5 Å². The van der Waals surface area contributed by atoms with E-state index in [4.69, 9.17) is 0 Å². The summed E-state index contributed by atoms with van der Waals surface area (Å²) >= 11 is 0. The highest BCUT2D eigenvalue weighted by molar-refractivity contribution is 5.86. The zero-order valence-electron chi connectivity index (χ0n) is 24.7. The molecule has 37 heavy (non-hydrogen) atoms. The van der Waals surface area contributed by atoms with Gasteiger partial charge in [0.1, 0.15) is 6.04 Å². The zero-order chi connectivity index (χ0) is 26.9. The fraction of sp³-hybridized carbons (Fsp3) is 0.788. The van der Waals surface area contributed by atoms with E-state index in [1.165, 1.54) is 114 Å². The Balaban J connectivity index is 1.63. The van der Waals surface area contributed by atoms with Crippen molar-refractivity contribution < 1.29 is 9.90 Å². The summed E-state index contributed by atoms with van der Waals surface area (Å²) in [6.45, 7) is 6.45. The lowest BCUT2D eigenvalue weighted by molar-refractivity contribution is -0.124. The number of anilines is 1. The molecule has 0 bridgehead atoms. The lowest BCUT2D eigenvalue weighted by Crippen LogP contribution is -2.54. The van der Waals surface area contributed by atoms with E-state index < -0.39 is 0 Å². The quantitative estimate of drug-likeness (QED) is 0.184. The Morgan fingerprint density at radius 2 is 1.38 bits per heavy atom. The Hall–Kier alpha value is -1.55. The first kappa shape index (κ1) is 31.7. The summed E-state index contributed by atoms with van der Waals surface area (Å²) in [5.41, 5.74) is 3.73. The Bertz CT molecular complexity index is 748. The molecule has 0 unspecified atom stereocenters. The van der Waals surface area contributed by atoms with Crippen LogP contribution in [0, 0.1) is 5.92 Å². The van der Waals surface area contributed by atoms with Crippen LogP contribution in [0.2, 0.25) is 0 Å². The normalized spacial score (nSPS) is 18.0. The Kier molecular flexibility index (Phi) is 16.0. The van der Waals surface area contributed by atoms with Gasteiger partial charge >= 0.3 is 0 Å². The van der Waals surface area contributed by atoms with Crippen molar-refractivity contribution in [2.24, 2.45) is 5.92 Å². The minimum Gasteiger partial charge on any atom is -0.394 e. The van der Waals surface area contributed by atoms with Gasteiger partial charge in [-0.3, -0.25) is 4.79 Å². The molecular weight excluding hydrogens is 456 g/mol. The summed E-state index contributed by atoms with van der Waals surface area (Å²) in [5.74, 6) is 0.213. The van der Waals surface area contributed by atoms with E-state index in [9.17, 15) is 9.90 Å². The highest BCUT2D eigenvalue weighted by atomic mass is 16.3. The largest absolute Gasteiger partial charge is 0.394 e. The average molecular weight is 515 g/mol. The molecule has 1 aromatic carbocycles. The van der Waals surface area contributed by atoms with E-state index in [1.54, 1.807) is 0 Å². The van der Waals surface area contributed by atoms with Crippen molar-refractivity contribution in [3.8, 4) is 0 Å². The number of hydrogen-bond acceptors (Lipinski definition) is 3. The number of nitrogens with zero attached hydrogens (tertiary/aromatic N) is 1. The molecule has 1 amide bonds. The Morgan fingerprint density at radius 3 is 1.86 bits per heavy atom. The number of rotatable bonds is 19. The number of unbranched alkanes of at least 4 members (excludes halogenated alkanes) is 15. The smallest absolute Gasteiger partial charge is 0.243 e. The van der Waals surface area contributed by atoms with Crippen molar-refractivity contribution >= 4 is 11.6 Å². The maximum Gasteiger partial charge on any atom is 0.243 e. The second-order valence-corrected chi connectivity index (χ2v) is 11.9. The molecule has 212 valence electrons. The number of carbonyl (C=O) groups excluding carboxylic acids is 1. The van der Waals surface area contributed by atoms with Crippen LogP contribution in [0.3, 0.4) is 0 Å². The molecule has 0 aromatic heterocycles. The molecule has 0 radical (unpaired) electrons. The van der Waals surface area contributed by atoms with Crippen LogP contribution in [-0.2, 0) is 17.6 Å². The van der Waals surface area contributed by atoms with Crippen molar-refractivity contribution in [3.63, 3.8) is 0 Å². The highest BCUT2D eigenvalue weighted by Crippen LogP contribution is 2.29. The molecule has 0 saturated carbocycles. The van der Waals surface area contributed by atoms with Gasteiger partial charge in [-0.2, -0.15) is 0 Å². The molecule has 0 aliphatic carbocycles. The first-order valence-electron chi connectivity index (χ1n) is 15.7. The van der Waals surface area contributed by atoms with Crippen LogP contribution in [0.25, 0.3) is 0 Å². The summed E-state index contributed by atoms with van der Waals surface area (Å²) in [6.07, 6.45) is 24.1. The standard InChI is InChI=1S/C33H58N2O2/c1-5-6-7-8-9-10-11-12-13-14-15-16-17-18-19-20-21-28-22-23-29-25-30(26-36)34-33(37)32(27(2)3)35(4)31(29)24-28/h22-24,27,30,32,36H,5-21,25-26H2,1-4H3,(H,34,37)/t30-,32-/m0/s1. The van der Waals surface area contributed by atoms with Crippen LogP contribution >= 0.6 is 0 Å². The maximum absolute atomic E-state index is 12.9. The molecule has 0 spiro atoms. The molecule has 1 aliphatic rings. The monoisotopic (exact) mass is 514 g/mol. The van der Waals surface area contributed by atoms with Crippen molar-refractivity contribution in [1.29, 1.82) is 0 Å². The van der Waals surface area contributed by atoms with Crippen LogP contribution in [0.4, 0.5) is 5.69 Å². The van der Waals surface area contributed by atoms with Gasteiger partial charge in [0, 0.05) is 12.7 Å². The van der Waals surface area contributed by atoms with Gasteiger partial charge in [0.05, 0.1) is 12.6 Å². The maximum atomic E-state index is 12.9. The SMILES string of the molecule is CCCCCCCCCCCCCCCCCCc1ccc2c(c1)N(C)[C@@H](C(C)C)C(=O)N[C@H](CO)C2. The predicted octanol–water partition coefficient (Wildman–Crippen LogP) is 7.98. The fourth-order valence-electron chi connectivity index (χ4n) is 5.93. The summed E-state index contributed by atoms with van der Waals surface area (Å²) in [6, 6.07) is 6.32. The van der Waals surface area contributed by atoms with E-state index in [0.717, 1.165) is 12.1 Å². The van der Waals surface area contributed by atoms with Crippen LogP contribution < -0.4 is 10.2 Å². The van der Waals surface area contributed by atoms with Crippen molar-refractivity contribution in [3.05, 3.63) is 29.3 Å². The van der Waals surface area contributed by atoms with Gasteiger partial charge in [-0.15, -0.1) is 0 Å². The average Bonchev–Trinajstić information content (AvgIpc) is 2.87.